The summed E-state index contributed by atoms with van der Waals surface area (Å²) in [5.41, 5.74) is 2.86. The van der Waals surface area contributed by atoms with Gasteiger partial charge in [-0.15, -0.1) is 11.3 Å². The van der Waals surface area contributed by atoms with E-state index in [1.807, 2.05) is 23.7 Å². The van der Waals surface area contributed by atoms with Crippen LogP contribution in [0, 0.1) is 0 Å². The van der Waals surface area contributed by atoms with E-state index in [9.17, 15) is 0 Å². The molecule has 0 aromatic carbocycles. The minimum absolute atomic E-state index is 0.549. The molecule has 0 aliphatic rings. The SMILES string of the molecule is CC(C)c1cncc2scc(C(C)C)c12. The molecule has 15 heavy (non-hydrogen) atoms. The van der Waals surface area contributed by atoms with Gasteiger partial charge in [-0.25, -0.2) is 0 Å². The van der Waals surface area contributed by atoms with Gasteiger partial charge in [0.05, 0.1) is 4.70 Å². The monoisotopic (exact) mass is 219 g/mol. The molecule has 0 amide bonds. The molecule has 0 atom stereocenters. The van der Waals surface area contributed by atoms with Crippen LogP contribution in [0.4, 0.5) is 0 Å². The lowest BCUT2D eigenvalue weighted by Crippen LogP contribution is -1.93. The zero-order chi connectivity index (χ0) is 11.0. The summed E-state index contributed by atoms with van der Waals surface area (Å²) >= 11 is 1.81. The van der Waals surface area contributed by atoms with Crippen LogP contribution in [0.3, 0.4) is 0 Å². The molecule has 0 spiro atoms. The van der Waals surface area contributed by atoms with Gasteiger partial charge in [0.15, 0.2) is 0 Å². The second-order valence-electron chi connectivity index (χ2n) is 4.60. The van der Waals surface area contributed by atoms with Gasteiger partial charge in [0.25, 0.3) is 0 Å². The molecule has 0 N–H and O–H groups in total. The third-order valence-electron chi connectivity index (χ3n) is 2.79. The van der Waals surface area contributed by atoms with E-state index in [1.165, 1.54) is 21.2 Å². The van der Waals surface area contributed by atoms with Gasteiger partial charge in [0, 0.05) is 17.8 Å². The lowest BCUT2D eigenvalue weighted by atomic mass is 9.95. The Morgan fingerprint density at radius 3 is 2.27 bits per heavy atom. The van der Waals surface area contributed by atoms with Crippen LogP contribution in [0.1, 0.15) is 50.7 Å². The van der Waals surface area contributed by atoms with Crippen molar-refractivity contribution in [3.05, 3.63) is 28.9 Å². The Balaban J connectivity index is 2.75. The van der Waals surface area contributed by atoms with Gasteiger partial charge < -0.3 is 0 Å². The molecule has 80 valence electrons. The maximum Gasteiger partial charge on any atom is 0.0531 e. The molecule has 0 fully saturated rings. The number of nitrogens with zero attached hydrogens (tertiary/aromatic N) is 1. The van der Waals surface area contributed by atoms with Crippen LogP contribution >= 0.6 is 11.3 Å². The molecule has 0 bridgehead atoms. The van der Waals surface area contributed by atoms with Crippen molar-refractivity contribution in [1.29, 1.82) is 0 Å². The van der Waals surface area contributed by atoms with E-state index >= 15 is 0 Å². The maximum atomic E-state index is 4.32. The Kier molecular flexibility index (Phi) is 2.79. The number of hydrogen-bond acceptors (Lipinski definition) is 2. The number of thiophene rings is 1. The first-order valence-electron chi connectivity index (χ1n) is 5.46. The average molecular weight is 219 g/mol. The summed E-state index contributed by atoms with van der Waals surface area (Å²) in [4.78, 5) is 4.32. The third-order valence-corrected chi connectivity index (χ3v) is 3.72. The normalized spacial score (nSPS) is 11.9. The van der Waals surface area contributed by atoms with E-state index < -0.39 is 0 Å². The van der Waals surface area contributed by atoms with Crippen LogP contribution in [0.15, 0.2) is 17.8 Å². The van der Waals surface area contributed by atoms with Crippen LogP contribution in [0.5, 0.6) is 0 Å². The van der Waals surface area contributed by atoms with E-state index in [0.29, 0.717) is 11.8 Å². The van der Waals surface area contributed by atoms with Crippen molar-refractivity contribution in [2.24, 2.45) is 0 Å². The summed E-state index contributed by atoms with van der Waals surface area (Å²) < 4.78 is 1.32. The van der Waals surface area contributed by atoms with Gasteiger partial charge in [-0.1, -0.05) is 27.7 Å². The minimum atomic E-state index is 0.549. The summed E-state index contributed by atoms with van der Waals surface area (Å²) in [5.74, 6) is 1.15. The summed E-state index contributed by atoms with van der Waals surface area (Å²) in [6.45, 7) is 8.98. The molecule has 0 radical (unpaired) electrons. The molecule has 0 saturated carbocycles. The van der Waals surface area contributed by atoms with E-state index in [2.05, 4.69) is 38.1 Å². The molecular weight excluding hydrogens is 202 g/mol. The highest BCUT2D eigenvalue weighted by Gasteiger charge is 2.13. The minimum Gasteiger partial charge on any atom is -0.263 e. The summed E-state index contributed by atoms with van der Waals surface area (Å²) in [5, 5.41) is 3.73. The lowest BCUT2D eigenvalue weighted by Gasteiger charge is -2.10. The molecule has 2 aromatic heterocycles. The predicted molar refractivity (Wildman–Crippen MR) is 67.8 cm³/mol. The zero-order valence-corrected chi connectivity index (χ0v) is 10.6. The maximum absolute atomic E-state index is 4.32. The van der Waals surface area contributed by atoms with Crippen LogP contribution in [0.25, 0.3) is 10.1 Å². The molecule has 2 aromatic rings. The van der Waals surface area contributed by atoms with Crippen molar-refractivity contribution < 1.29 is 0 Å². The van der Waals surface area contributed by atoms with Crippen molar-refractivity contribution >= 4 is 21.4 Å². The number of rotatable bonds is 2. The molecule has 0 unspecified atom stereocenters. The Morgan fingerprint density at radius 2 is 1.67 bits per heavy atom. The standard InChI is InChI=1S/C13H17NS/c1-8(2)10-5-14-6-12-13(10)11(7-15-12)9(3)4/h5-9H,1-4H3. The first-order valence-corrected chi connectivity index (χ1v) is 6.34. The summed E-state index contributed by atoms with van der Waals surface area (Å²) in [7, 11) is 0. The van der Waals surface area contributed by atoms with Crippen molar-refractivity contribution in [2.75, 3.05) is 0 Å². The Hall–Kier alpha value is -0.890. The molecule has 2 rings (SSSR count). The molecular formula is C13H17NS. The van der Waals surface area contributed by atoms with Crippen molar-refractivity contribution in [2.45, 2.75) is 39.5 Å². The van der Waals surface area contributed by atoms with Gasteiger partial charge in [0.1, 0.15) is 0 Å². The van der Waals surface area contributed by atoms with Crippen molar-refractivity contribution in [3.63, 3.8) is 0 Å². The first-order chi connectivity index (χ1) is 7.11. The molecule has 1 nitrogen and oxygen atoms in total. The lowest BCUT2D eigenvalue weighted by molar-refractivity contribution is 0.852. The highest BCUT2D eigenvalue weighted by molar-refractivity contribution is 7.17. The fourth-order valence-corrected chi connectivity index (χ4v) is 3.02. The number of aromatic nitrogens is 1. The Morgan fingerprint density at radius 1 is 1.00 bits per heavy atom. The molecule has 2 heteroatoms. The fraction of sp³-hybridized carbons (Fsp3) is 0.462. The predicted octanol–water partition coefficient (Wildman–Crippen LogP) is 4.54. The van der Waals surface area contributed by atoms with E-state index in [0.717, 1.165) is 0 Å². The number of fused-ring (bicyclic) bond motifs is 1. The average Bonchev–Trinajstić information content (AvgIpc) is 2.60. The largest absolute Gasteiger partial charge is 0.263 e. The van der Waals surface area contributed by atoms with Crippen LogP contribution in [-0.2, 0) is 0 Å². The highest BCUT2D eigenvalue weighted by atomic mass is 32.1. The van der Waals surface area contributed by atoms with Crippen molar-refractivity contribution in [1.82, 2.24) is 4.98 Å². The second kappa shape index (κ2) is 3.93. The van der Waals surface area contributed by atoms with Gasteiger partial charge in [0.2, 0.25) is 0 Å². The second-order valence-corrected chi connectivity index (χ2v) is 5.51. The first kappa shape index (κ1) is 10.6. The van der Waals surface area contributed by atoms with Gasteiger partial charge in [-0.05, 0) is 28.3 Å². The molecule has 2 heterocycles. The quantitative estimate of drug-likeness (QED) is 0.722. The smallest absolute Gasteiger partial charge is 0.0531 e. The fourth-order valence-electron chi connectivity index (χ4n) is 1.90. The molecule has 0 aliphatic carbocycles. The van der Waals surface area contributed by atoms with E-state index in [-0.39, 0.29) is 0 Å². The molecule has 0 aliphatic heterocycles. The topological polar surface area (TPSA) is 12.9 Å². The number of hydrogen-bond donors (Lipinski definition) is 0. The van der Waals surface area contributed by atoms with Gasteiger partial charge in [-0.2, -0.15) is 0 Å². The van der Waals surface area contributed by atoms with Crippen LogP contribution in [0.2, 0.25) is 0 Å². The summed E-state index contributed by atoms with van der Waals surface area (Å²) in [6.07, 6.45) is 4.00. The van der Waals surface area contributed by atoms with E-state index in [1.54, 1.807) is 0 Å². The van der Waals surface area contributed by atoms with Crippen LogP contribution in [-0.4, -0.2) is 4.98 Å². The third kappa shape index (κ3) is 1.78. The Labute approximate surface area is 95.2 Å². The van der Waals surface area contributed by atoms with Gasteiger partial charge >= 0.3 is 0 Å². The van der Waals surface area contributed by atoms with E-state index in [4.69, 9.17) is 0 Å². The van der Waals surface area contributed by atoms with Gasteiger partial charge in [-0.3, -0.25) is 4.98 Å². The summed E-state index contributed by atoms with van der Waals surface area (Å²) in [6, 6.07) is 0. The molecule has 0 saturated heterocycles. The zero-order valence-electron chi connectivity index (χ0n) is 9.74. The Bertz CT molecular complexity index is 468. The number of pyridine rings is 1. The van der Waals surface area contributed by atoms with Crippen molar-refractivity contribution in [3.8, 4) is 0 Å². The highest BCUT2D eigenvalue weighted by Crippen LogP contribution is 2.35. The van der Waals surface area contributed by atoms with Crippen LogP contribution < -0.4 is 0 Å².